The van der Waals surface area contributed by atoms with Crippen LogP contribution in [0.25, 0.3) is 0 Å². The molecule has 22 heavy (non-hydrogen) atoms. The maximum absolute atomic E-state index is 13.2. The lowest BCUT2D eigenvalue weighted by Crippen LogP contribution is -2.54. The van der Waals surface area contributed by atoms with Crippen LogP contribution in [0.1, 0.15) is 58.8 Å². The molecule has 0 unspecified atom stereocenters. The van der Waals surface area contributed by atoms with Crippen molar-refractivity contribution < 1.29 is 4.79 Å². The Labute approximate surface area is 139 Å². The summed E-state index contributed by atoms with van der Waals surface area (Å²) in [5, 5.41) is 0. The number of alkyl halides is 1. The van der Waals surface area contributed by atoms with E-state index in [1.807, 2.05) is 6.08 Å². The molecule has 4 aliphatic rings. The summed E-state index contributed by atoms with van der Waals surface area (Å²) in [6.07, 6.45) is 10.1. The Balaban J connectivity index is 1.88. The molecule has 0 aromatic heterocycles. The molecule has 0 saturated heterocycles. The summed E-state index contributed by atoms with van der Waals surface area (Å²) < 4.78 is 0. The molecule has 3 saturated carbocycles. The second kappa shape index (κ2) is 4.50. The molecule has 0 N–H and O–H groups in total. The van der Waals surface area contributed by atoms with E-state index in [1.54, 1.807) is 0 Å². The van der Waals surface area contributed by atoms with Crippen molar-refractivity contribution in [3.63, 3.8) is 0 Å². The van der Waals surface area contributed by atoms with Crippen molar-refractivity contribution in [2.24, 2.45) is 28.1 Å². The van der Waals surface area contributed by atoms with Crippen molar-refractivity contribution in [3.8, 4) is 0 Å². The minimum atomic E-state index is -0.122. The molecule has 3 fully saturated rings. The minimum absolute atomic E-state index is 0.0122. The zero-order valence-corrected chi connectivity index (χ0v) is 14.6. The van der Waals surface area contributed by atoms with Crippen LogP contribution in [0.5, 0.6) is 0 Å². The maximum Gasteiger partial charge on any atom is 0.162 e. The number of hydrogen-bond donors (Lipinski definition) is 0. The van der Waals surface area contributed by atoms with Crippen molar-refractivity contribution in [1.82, 2.24) is 0 Å². The third-order valence-corrected chi connectivity index (χ3v) is 8.31. The van der Waals surface area contributed by atoms with Gasteiger partial charge in [-0.05, 0) is 61.9 Å². The summed E-state index contributed by atoms with van der Waals surface area (Å²) >= 11 is 6.36. The number of carbonyl (C=O) groups excluding carboxylic acids is 1. The Bertz CT molecular complexity index is 591. The van der Waals surface area contributed by atoms with Crippen LogP contribution in [0, 0.1) is 28.1 Å². The lowest BCUT2D eigenvalue weighted by molar-refractivity contribution is -0.135. The molecule has 1 spiro atoms. The first kappa shape index (κ1) is 15.0. The lowest BCUT2D eigenvalue weighted by atomic mass is 9.45. The van der Waals surface area contributed by atoms with Crippen molar-refractivity contribution in [1.29, 1.82) is 0 Å². The fourth-order valence-electron chi connectivity index (χ4n) is 6.63. The molecule has 0 aromatic rings. The minimum Gasteiger partial charge on any atom is -0.294 e. The first-order valence-electron chi connectivity index (χ1n) is 8.86. The highest BCUT2D eigenvalue weighted by Gasteiger charge is 2.64. The highest BCUT2D eigenvalue weighted by Crippen LogP contribution is 2.69. The number of halogens is 1. The van der Waals surface area contributed by atoms with Gasteiger partial charge in [-0.3, -0.25) is 4.79 Å². The predicted molar refractivity (Wildman–Crippen MR) is 90.9 cm³/mol. The summed E-state index contributed by atoms with van der Waals surface area (Å²) in [5.74, 6) is 2.13. The molecule has 0 heterocycles. The maximum atomic E-state index is 13.2. The van der Waals surface area contributed by atoms with Gasteiger partial charge in [-0.15, -0.1) is 11.6 Å². The Hall–Kier alpha value is -0.560. The quantitative estimate of drug-likeness (QED) is 0.474. The van der Waals surface area contributed by atoms with E-state index in [-0.39, 0.29) is 16.2 Å². The van der Waals surface area contributed by atoms with Gasteiger partial charge in [0.05, 0.1) is 0 Å². The Morgan fingerprint density at radius 3 is 2.82 bits per heavy atom. The summed E-state index contributed by atoms with van der Waals surface area (Å²) in [7, 11) is 0. The van der Waals surface area contributed by atoms with Gasteiger partial charge in [0, 0.05) is 16.7 Å². The second-order valence-corrected chi connectivity index (χ2v) is 9.18. The Kier molecular flexibility index (Phi) is 3.07. The van der Waals surface area contributed by atoms with Crippen molar-refractivity contribution >= 4 is 17.4 Å². The first-order valence-corrected chi connectivity index (χ1v) is 9.40. The molecule has 0 aliphatic heterocycles. The largest absolute Gasteiger partial charge is 0.294 e. The molecule has 0 amide bonds. The molecular formula is C20H27ClO. The third kappa shape index (κ3) is 1.64. The van der Waals surface area contributed by atoms with E-state index in [0.29, 0.717) is 23.5 Å². The molecule has 5 atom stereocenters. The van der Waals surface area contributed by atoms with E-state index < -0.39 is 0 Å². The van der Waals surface area contributed by atoms with Gasteiger partial charge < -0.3 is 0 Å². The summed E-state index contributed by atoms with van der Waals surface area (Å²) in [5.41, 5.74) is 2.78. The van der Waals surface area contributed by atoms with Crippen molar-refractivity contribution in [2.75, 3.05) is 5.88 Å². The van der Waals surface area contributed by atoms with Crippen LogP contribution in [-0.4, -0.2) is 11.7 Å². The Morgan fingerprint density at radius 1 is 1.32 bits per heavy atom. The third-order valence-electron chi connectivity index (χ3n) is 7.72. The van der Waals surface area contributed by atoms with Gasteiger partial charge in [0.25, 0.3) is 0 Å². The molecule has 0 radical (unpaired) electrons. The molecule has 2 heteroatoms. The highest BCUT2D eigenvalue weighted by molar-refractivity contribution is 6.18. The smallest absolute Gasteiger partial charge is 0.162 e. The van der Waals surface area contributed by atoms with Crippen molar-refractivity contribution in [2.45, 2.75) is 58.8 Å². The van der Waals surface area contributed by atoms with E-state index in [9.17, 15) is 4.79 Å². The highest BCUT2D eigenvalue weighted by atomic mass is 35.5. The van der Waals surface area contributed by atoms with Gasteiger partial charge >= 0.3 is 0 Å². The fourth-order valence-corrected chi connectivity index (χ4v) is 6.91. The van der Waals surface area contributed by atoms with Crippen LogP contribution in [0.4, 0.5) is 0 Å². The second-order valence-electron chi connectivity index (χ2n) is 8.91. The number of allylic oxidation sites excluding steroid dienone is 3. The average molecular weight is 319 g/mol. The average Bonchev–Trinajstić information content (AvgIpc) is 2.73. The first-order chi connectivity index (χ1) is 10.4. The van der Waals surface area contributed by atoms with Gasteiger partial charge in [-0.1, -0.05) is 38.0 Å². The lowest BCUT2D eigenvalue weighted by Gasteiger charge is -2.59. The van der Waals surface area contributed by atoms with E-state index in [4.69, 9.17) is 11.6 Å². The van der Waals surface area contributed by atoms with Crippen LogP contribution >= 0.6 is 11.6 Å². The number of carbonyl (C=O) groups is 1. The normalized spacial score (nSPS) is 50.4. The zero-order chi connectivity index (χ0) is 15.8. The Morgan fingerprint density at radius 2 is 2.09 bits per heavy atom. The SMILES string of the molecule is C=C1C[C@]23C[C@H]1CC[C@H]2[C@]1(C)CCC[C@](C)(CCl)C1=CC3=O. The van der Waals surface area contributed by atoms with E-state index >= 15 is 0 Å². The number of ketones is 1. The van der Waals surface area contributed by atoms with E-state index in [1.165, 1.54) is 36.8 Å². The molecule has 0 aromatic carbocycles. The molecule has 120 valence electrons. The van der Waals surface area contributed by atoms with Crippen LogP contribution in [0.15, 0.2) is 23.8 Å². The van der Waals surface area contributed by atoms with E-state index in [2.05, 4.69) is 20.4 Å². The fraction of sp³-hybridized carbons (Fsp3) is 0.750. The number of fused-ring (bicyclic) bond motifs is 3. The van der Waals surface area contributed by atoms with Crippen molar-refractivity contribution in [3.05, 3.63) is 23.8 Å². The number of hydrogen-bond acceptors (Lipinski definition) is 1. The monoisotopic (exact) mass is 318 g/mol. The van der Waals surface area contributed by atoms with E-state index in [0.717, 1.165) is 19.3 Å². The predicted octanol–water partition coefficient (Wildman–Crippen LogP) is 5.29. The van der Waals surface area contributed by atoms with Crippen LogP contribution in [0.2, 0.25) is 0 Å². The molecule has 1 nitrogen and oxygen atoms in total. The summed E-state index contributed by atoms with van der Waals surface area (Å²) in [4.78, 5) is 13.2. The van der Waals surface area contributed by atoms with Gasteiger partial charge in [-0.25, -0.2) is 0 Å². The molecular weight excluding hydrogens is 292 g/mol. The zero-order valence-electron chi connectivity index (χ0n) is 13.9. The standard InChI is InChI=1S/C20H27ClO/c1-13-10-20-11-14(13)5-6-15(20)19(3)8-4-7-18(2,12-21)16(19)9-17(20)22/h9,14-15H,1,4-8,10-12H2,2-3H3/t14-,15+,18-,19+,20+/m1/s1. The molecule has 4 rings (SSSR count). The summed E-state index contributed by atoms with van der Waals surface area (Å²) in [6.45, 7) is 9.00. The summed E-state index contributed by atoms with van der Waals surface area (Å²) in [6, 6.07) is 0. The molecule has 4 aliphatic carbocycles. The van der Waals surface area contributed by atoms with Gasteiger partial charge in [0.2, 0.25) is 0 Å². The topological polar surface area (TPSA) is 17.1 Å². The van der Waals surface area contributed by atoms with Crippen LogP contribution < -0.4 is 0 Å². The van der Waals surface area contributed by atoms with Gasteiger partial charge in [-0.2, -0.15) is 0 Å². The van der Waals surface area contributed by atoms with Gasteiger partial charge in [0.15, 0.2) is 5.78 Å². The van der Waals surface area contributed by atoms with Gasteiger partial charge in [0.1, 0.15) is 0 Å². The molecule has 2 bridgehead atoms. The number of rotatable bonds is 1. The van der Waals surface area contributed by atoms with Crippen LogP contribution in [-0.2, 0) is 4.79 Å². The van der Waals surface area contributed by atoms with Crippen LogP contribution in [0.3, 0.4) is 0 Å².